The van der Waals surface area contributed by atoms with Crippen LogP contribution in [0.3, 0.4) is 0 Å². The van der Waals surface area contributed by atoms with Crippen LogP contribution in [-0.4, -0.2) is 35.9 Å². The summed E-state index contributed by atoms with van der Waals surface area (Å²) in [5.74, 6) is 0.273. The lowest BCUT2D eigenvalue weighted by Crippen LogP contribution is -2.42. The van der Waals surface area contributed by atoms with Gasteiger partial charge in [-0.1, -0.05) is 18.2 Å². The number of aromatic nitrogens is 1. The summed E-state index contributed by atoms with van der Waals surface area (Å²) in [6.07, 6.45) is 0.574. The number of benzene rings is 2. The van der Waals surface area contributed by atoms with Crippen molar-refractivity contribution in [2.24, 2.45) is 0 Å². The molecule has 0 spiro atoms. The van der Waals surface area contributed by atoms with Crippen LogP contribution in [0.2, 0.25) is 0 Å². The first-order valence-corrected chi connectivity index (χ1v) is 8.43. The monoisotopic (exact) mass is 352 g/mol. The second kappa shape index (κ2) is 6.38. The molecule has 0 radical (unpaired) electrons. The average molecular weight is 352 g/mol. The highest BCUT2D eigenvalue weighted by Crippen LogP contribution is 2.35. The van der Waals surface area contributed by atoms with Crippen LogP contribution in [0, 0.1) is 0 Å². The van der Waals surface area contributed by atoms with Crippen molar-refractivity contribution in [2.75, 3.05) is 14.2 Å². The highest BCUT2D eigenvalue weighted by molar-refractivity contribution is 5.89. The molecule has 1 atom stereocenters. The van der Waals surface area contributed by atoms with Crippen molar-refractivity contribution in [3.63, 3.8) is 0 Å². The Hall–Kier alpha value is -2.99. The molecule has 1 aliphatic rings. The molecule has 1 unspecified atom stereocenters. The van der Waals surface area contributed by atoms with Gasteiger partial charge in [-0.05, 0) is 23.8 Å². The minimum absolute atomic E-state index is 0.102. The molecule has 6 nitrogen and oxygen atoms in total. The summed E-state index contributed by atoms with van der Waals surface area (Å²) in [5.41, 5.74) is 4.19. The molecule has 1 aromatic heterocycles. The zero-order valence-electron chi connectivity index (χ0n) is 14.7. The maximum Gasteiger partial charge on any atom is 0.323 e. The lowest BCUT2D eigenvalue weighted by molar-refractivity contribution is -0.143. The number of methoxy groups -OCH3 is 2. The number of phenolic OH excluding ortho intramolecular Hbond substituents is 1. The number of hydrogen-bond acceptors (Lipinski definition) is 5. The van der Waals surface area contributed by atoms with Crippen LogP contribution >= 0.6 is 0 Å². The Morgan fingerprint density at radius 2 is 2.04 bits per heavy atom. The maximum atomic E-state index is 12.0. The van der Waals surface area contributed by atoms with E-state index in [9.17, 15) is 9.90 Å². The maximum absolute atomic E-state index is 12.0. The predicted octanol–water partition coefficient (Wildman–Crippen LogP) is 2.53. The second-order valence-electron chi connectivity index (χ2n) is 6.29. The van der Waals surface area contributed by atoms with E-state index < -0.39 is 0 Å². The largest absolute Gasteiger partial charge is 0.504 e. The number of nitrogens with one attached hydrogen (secondary N) is 1. The van der Waals surface area contributed by atoms with E-state index in [1.54, 1.807) is 6.07 Å². The van der Waals surface area contributed by atoms with Crippen molar-refractivity contribution < 1.29 is 19.4 Å². The molecule has 0 saturated carbocycles. The van der Waals surface area contributed by atoms with Gasteiger partial charge in [0.15, 0.2) is 11.5 Å². The molecule has 0 saturated heterocycles. The van der Waals surface area contributed by atoms with Crippen molar-refractivity contribution in [2.45, 2.75) is 19.0 Å². The molecule has 0 bridgehead atoms. The number of para-hydroxylation sites is 1. The van der Waals surface area contributed by atoms with Gasteiger partial charge >= 0.3 is 5.97 Å². The molecule has 3 aromatic rings. The van der Waals surface area contributed by atoms with Crippen LogP contribution in [0.1, 0.15) is 11.3 Å². The van der Waals surface area contributed by atoms with Crippen molar-refractivity contribution in [3.05, 3.63) is 53.7 Å². The van der Waals surface area contributed by atoms with Crippen LogP contribution in [0.15, 0.2) is 42.5 Å². The number of hydrogen-bond donors (Lipinski definition) is 2. The molecule has 6 heteroatoms. The summed E-state index contributed by atoms with van der Waals surface area (Å²) in [5, 5.41) is 14.3. The summed E-state index contributed by atoms with van der Waals surface area (Å²) in [7, 11) is 2.94. The Balaban J connectivity index is 1.91. The van der Waals surface area contributed by atoms with Crippen LogP contribution in [0.4, 0.5) is 0 Å². The number of carbonyl (C=O) groups excluding carboxylic acids is 1. The molecule has 1 aliphatic heterocycles. The van der Waals surface area contributed by atoms with Gasteiger partial charge in [0.2, 0.25) is 0 Å². The van der Waals surface area contributed by atoms with Gasteiger partial charge in [-0.2, -0.15) is 0 Å². The fraction of sp³-hybridized carbons (Fsp3) is 0.250. The zero-order valence-corrected chi connectivity index (χ0v) is 14.7. The lowest BCUT2D eigenvalue weighted by atomic mass is 9.98. The fourth-order valence-corrected chi connectivity index (χ4v) is 3.68. The van der Waals surface area contributed by atoms with Crippen LogP contribution in [0.25, 0.3) is 16.6 Å². The van der Waals surface area contributed by atoms with Crippen LogP contribution in [-0.2, 0) is 22.5 Å². The van der Waals surface area contributed by atoms with E-state index in [4.69, 9.17) is 9.47 Å². The van der Waals surface area contributed by atoms with Gasteiger partial charge in [-0.15, -0.1) is 0 Å². The first-order valence-electron chi connectivity index (χ1n) is 8.43. The minimum Gasteiger partial charge on any atom is -0.504 e. The number of rotatable bonds is 3. The molecule has 134 valence electrons. The predicted molar refractivity (Wildman–Crippen MR) is 97.8 cm³/mol. The minimum atomic E-state index is -0.346. The summed E-state index contributed by atoms with van der Waals surface area (Å²) in [6, 6.07) is 13.1. The lowest BCUT2D eigenvalue weighted by Gasteiger charge is -2.24. The molecule has 0 aliphatic carbocycles. The number of phenols is 1. The van der Waals surface area contributed by atoms with E-state index in [2.05, 4.69) is 22.0 Å². The molecule has 26 heavy (non-hydrogen) atoms. The Bertz CT molecular complexity index is 993. The van der Waals surface area contributed by atoms with Gasteiger partial charge in [-0.3, -0.25) is 10.1 Å². The highest BCUT2D eigenvalue weighted by Gasteiger charge is 2.29. The zero-order chi connectivity index (χ0) is 18.3. The van der Waals surface area contributed by atoms with Gasteiger partial charge in [0.1, 0.15) is 6.04 Å². The summed E-state index contributed by atoms with van der Waals surface area (Å²) in [6.45, 7) is 0.549. The van der Waals surface area contributed by atoms with E-state index in [0.29, 0.717) is 18.7 Å². The Morgan fingerprint density at radius 3 is 2.81 bits per heavy atom. The standard InChI is InChI=1S/C20H20N2O4/c1-25-19-9-12(7-8-18(19)23)22-16-6-4-3-5-13(16)14-10-15(20(24)26-2)21-11-17(14)22/h3-9,15,21,23H,10-11H2,1-2H3. The Labute approximate surface area is 151 Å². The second-order valence-corrected chi connectivity index (χ2v) is 6.29. The van der Waals surface area contributed by atoms with Gasteiger partial charge in [-0.25, -0.2) is 0 Å². The third-order valence-corrected chi connectivity index (χ3v) is 4.92. The summed E-state index contributed by atoms with van der Waals surface area (Å²) >= 11 is 0. The van der Waals surface area contributed by atoms with Crippen LogP contribution < -0.4 is 10.1 Å². The summed E-state index contributed by atoms with van der Waals surface area (Å²) in [4.78, 5) is 12.0. The highest BCUT2D eigenvalue weighted by atomic mass is 16.5. The van der Waals surface area contributed by atoms with E-state index in [1.165, 1.54) is 14.2 Å². The van der Waals surface area contributed by atoms with E-state index >= 15 is 0 Å². The van der Waals surface area contributed by atoms with Crippen molar-refractivity contribution in [1.29, 1.82) is 0 Å². The van der Waals surface area contributed by atoms with Crippen molar-refractivity contribution in [3.8, 4) is 17.2 Å². The molecule has 2 heterocycles. The number of ether oxygens (including phenoxy) is 2. The quantitative estimate of drug-likeness (QED) is 0.709. The molecule has 2 aromatic carbocycles. The third-order valence-electron chi connectivity index (χ3n) is 4.92. The first kappa shape index (κ1) is 16.5. The molecule has 2 N–H and O–H groups in total. The first-order chi connectivity index (χ1) is 12.6. The smallest absolute Gasteiger partial charge is 0.323 e. The van der Waals surface area contributed by atoms with Gasteiger partial charge in [0, 0.05) is 35.8 Å². The Kier molecular flexibility index (Phi) is 4.05. The third kappa shape index (κ3) is 2.50. The molecule has 0 amide bonds. The van der Waals surface area contributed by atoms with Crippen molar-refractivity contribution >= 4 is 16.9 Å². The number of fused-ring (bicyclic) bond motifs is 3. The molecule has 0 fully saturated rings. The van der Waals surface area contributed by atoms with Gasteiger partial charge < -0.3 is 19.1 Å². The fourth-order valence-electron chi connectivity index (χ4n) is 3.68. The summed E-state index contributed by atoms with van der Waals surface area (Å²) < 4.78 is 12.3. The van der Waals surface area contributed by atoms with E-state index in [-0.39, 0.29) is 17.8 Å². The molecule has 4 rings (SSSR count). The number of aromatic hydroxyl groups is 1. The Morgan fingerprint density at radius 1 is 1.23 bits per heavy atom. The number of esters is 1. The average Bonchev–Trinajstić information content (AvgIpc) is 3.01. The number of nitrogens with zero attached hydrogens (tertiary/aromatic N) is 1. The van der Waals surface area contributed by atoms with Gasteiger partial charge in [0.05, 0.1) is 19.7 Å². The van der Waals surface area contributed by atoms with E-state index in [0.717, 1.165) is 27.8 Å². The van der Waals surface area contributed by atoms with Crippen molar-refractivity contribution in [1.82, 2.24) is 9.88 Å². The normalized spacial score (nSPS) is 16.3. The topological polar surface area (TPSA) is 72.7 Å². The van der Waals surface area contributed by atoms with E-state index in [1.807, 2.05) is 24.3 Å². The number of carbonyl (C=O) groups is 1. The molecular formula is C20H20N2O4. The SMILES string of the molecule is COC(=O)C1Cc2c(n(-c3ccc(O)c(OC)c3)c3ccccc23)CN1. The van der Waals surface area contributed by atoms with Gasteiger partial charge in [0.25, 0.3) is 0 Å². The van der Waals surface area contributed by atoms with Crippen LogP contribution in [0.5, 0.6) is 11.5 Å². The molecular weight excluding hydrogens is 332 g/mol.